The minimum atomic E-state index is -0.100. The molecule has 0 fully saturated rings. The Morgan fingerprint density at radius 3 is 3.06 bits per heavy atom. The van der Waals surface area contributed by atoms with E-state index >= 15 is 0 Å². The summed E-state index contributed by atoms with van der Waals surface area (Å²) in [4.78, 5) is 15.8. The van der Waals surface area contributed by atoms with Gasteiger partial charge >= 0.3 is 0 Å². The number of nitrogens with one attached hydrogen (secondary N) is 1. The van der Waals surface area contributed by atoms with E-state index in [2.05, 4.69) is 15.4 Å². The van der Waals surface area contributed by atoms with E-state index in [1.54, 1.807) is 41.5 Å². The van der Waals surface area contributed by atoms with Crippen LogP contribution in [0.2, 0.25) is 0 Å². The minimum absolute atomic E-state index is 0.100. The lowest BCUT2D eigenvalue weighted by Gasteiger charge is -2.03. The van der Waals surface area contributed by atoms with E-state index in [1.807, 2.05) is 5.38 Å². The summed E-state index contributed by atoms with van der Waals surface area (Å²) in [5.74, 6) is -0.100. The second kappa shape index (κ2) is 4.89. The van der Waals surface area contributed by atoms with Gasteiger partial charge in [0.25, 0.3) is 5.91 Å². The fourth-order valence-electron chi connectivity index (χ4n) is 1.35. The fraction of sp³-hybridized carbons (Fsp3) is 0.300. The SMILES string of the molecule is Cn1nccc1C(=O)NCCc1nccs1. The third kappa shape index (κ3) is 2.46. The van der Waals surface area contributed by atoms with Crippen molar-refractivity contribution in [3.8, 4) is 0 Å². The molecule has 0 unspecified atom stereocenters. The number of aryl methyl sites for hydroxylation is 1. The molecule has 0 aliphatic rings. The number of aromatic nitrogens is 3. The van der Waals surface area contributed by atoms with Crippen LogP contribution in [0.1, 0.15) is 15.5 Å². The molecule has 84 valence electrons. The molecule has 16 heavy (non-hydrogen) atoms. The standard InChI is InChI=1S/C10H12N4OS/c1-14-8(2-5-13-14)10(15)12-4-3-9-11-6-7-16-9/h2,5-7H,3-4H2,1H3,(H,12,15). The lowest BCUT2D eigenvalue weighted by molar-refractivity contribution is 0.0945. The average Bonchev–Trinajstić information content (AvgIpc) is 2.88. The lowest BCUT2D eigenvalue weighted by atomic mass is 10.3. The van der Waals surface area contributed by atoms with Gasteiger partial charge in [-0.1, -0.05) is 0 Å². The molecule has 0 bridgehead atoms. The quantitative estimate of drug-likeness (QED) is 0.856. The molecule has 0 aliphatic heterocycles. The Morgan fingerprint density at radius 1 is 1.56 bits per heavy atom. The van der Waals surface area contributed by atoms with Crippen LogP contribution < -0.4 is 5.32 Å². The van der Waals surface area contributed by atoms with Crippen molar-refractivity contribution < 1.29 is 4.79 Å². The highest BCUT2D eigenvalue weighted by Crippen LogP contribution is 2.03. The highest BCUT2D eigenvalue weighted by Gasteiger charge is 2.08. The number of thiazole rings is 1. The lowest BCUT2D eigenvalue weighted by Crippen LogP contribution is -2.27. The number of carbonyl (C=O) groups excluding carboxylic acids is 1. The molecule has 0 radical (unpaired) electrons. The van der Waals surface area contributed by atoms with Crippen LogP contribution in [0.3, 0.4) is 0 Å². The van der Waals surface area contributed by atoms with Gasteiger partial charge in [0.1, 0.15) is 5.69 Å². The molecule has 0 atom stereocenters. The number of hydrogen-bond acceptors (Lipinski definition) is 4. The highest BCUT2D eigenvalue weighted by molar-refractivity contribution is 7.09. The highest BCUT2D eigenvalue weighted by atomic mass is 32.1. The van der Waals surface area contributed by atoms with Gasteiger partial charge in [0.15, 0.2) is 0 Å². The molecule has 0 aromatic carbocycles. The number of hydrogen-bond donors (Lipinski definition) is 1. The average molecular weight is 236 g/mol. The molecule has 1 amide bonds. The van der Waals surface area contributed by atoms with Gasteiger partial charge in [-0.25, -0.2) is 4.98 Å². The predicted molar refractivity (Wildman–Crippen MR) is 61.4 cm³/mol. The summed E-state index contributed by atoms with van der Waals surface area (Å²) >= 11 is 1.60. The molecule has 5 nitrogen and oxygen atoms in total. The van der Waals surface area contributed by atoms with E-state index < -0.39 is 0 Å². The summed E-state index contributed by atoms with van der Waals surface area (Å²) in [5.41, 5.74) is 0.569. The first kappa shape index (κ1) is 10.8. The van der Waals surface area contributed by atoms with Crippen LogP contribution in [0.5, 0.6) is 0 Å². The first-order chi connectivity index (χ1) is 7.77. The maximum atomic E-state index is 11.7. The number of carbonyl (C=O) groups is 1. The zero-order chi connectivity index (χ0) is 11.4. The maximum Gasteiger partial charge on any atom is 0.269 e. The van der Waals surface area contributed by atoms with Crippen molar-refractivity contribution in [3.05, 3.63) is 34.5 Å². The molecule has 0 saturated carbocycles. The van der Waals surface area contributed by atoms with E-state index in [9.17, 15) is 4.79 Å². The molecule has 2 heterocycles. The van der Waals surface area contributed by atoms with E-state index in [0.717, 1.165) is 11.4 Å². The second-order valence-electron chi connectivity index (χ2n) is 3.27. The van der Waals surface area contributed by atoms with Crippen molar-refractivity contribution in [1.82, 2.24) is 20.1 Å². The summed E-state index contributed by atoms with van der Waals surface area (Å²) in [6.07, 6.45) is 4.14. The van der Waals surface area contributed by atoms with Crippen LogP contribution in [0.25, 0.3) is 0 Å². The topological polar surface area (TPSA) is 59.8 Å². The van der Waals surface area contributed by atoms with Crippen LogP contribution in [-0.2, 0) is 13.5 Å². The molecule has 2 rings (SSSR count). The molecule has 2 aromatic rings. The van der Waals surface area contributed by atoms with Crippen LogP contribution in [0.4, 0.5) is 0 Å². The Kier molecular flexibility index (Phi) is 3.31. The van der Waals surface area contributed by atoms with E-state index in [0.29, 0.717) is 12.2 Å². The summed E-state index contributed by atoms with van der Waals surface area (Å²) < 4.78 is 1.55. The Labute approximate surface area is 97.1 Å². The van der Waals surface area contributed by atoms with Gasteiger partial charge in [0.2, 0.25) is 0 Å². The molecular weight excluding hydrogens is 224 g/mol. The summed E-state index contributed by atoms with van der Waals surface area (Å²) in [5, 5.41) is 9.73. The van der Waals surface area contributed by atoms with Crippen molar-refractivity contribution in [3.63, 3.8) is 0 Å². The molecule has 2 aromatic heterocycles. The summed E-state index contributed by atoms with van der Waals surface area (Å²) in [7, 11) is 1.75. The van der Waals surface area contributed by atoms with E-state index in [1.165, 1.54) is 0 Å². The van der Waals surface area contributed by atoms with Gasteiger partial charge in [-0.15, -0.1) is 11.3 Å². The molecule has 0 saturated heterocycles. The van der Waals surface area contributed by atoms with Crippen molar-refractivity contribution >= 4 is 17.2 Å². The van der Waals surface area contributed by atoms with E-state index in [4.69, 9.17) is 0 Å². The largest absolute Gasteiger partial charge is 0.350 e. The van der Waals surface area contributed by atoms with Crippen LogP contribution in [-0.4, -0.2) is 27.2 Å². The predicted octanol–water partition coefficient (Wildman–Crippen LogP) is 0.849. The third-order valence-corrected chi connectivity index (χ3v) is 3.00. The van der Waals surface area contributed by atoms with Gasteiger partial charge in [0.05, 0.1) is 5.01 Å². The Balaban J connectivity index is 1.83. The summed E-state index contributed by atoms with van der Waals surface area (Å²) in [6, 6.07) is 1.69. The van der Waals surface area contributed by atoms with Gasteiger partial charge in [0, 0.05) is 37.8 Å². The Hall–Kier alpha value is -1.69. The first-order valence-corrected chi connectivity index (χ1v) is 5.80. The number of rotatable bonds is 4. The molecular formula is C10H12N4OS. The fourth-order valence-corrected chi connectivity index (χ4v) is 1.97. The van der Waals surface area contributed by atoms with Gasteiger partial charge in [-0.05, 0) is 6.07 Å². The van der Waals surface area contributed by atoms with Crippen molar-refractivity contribution in [2.75, 3.05) is 6.54 Å². The zero-order valence-corrected chi connectivity index (χ0v) is 9.70. The smallest absolute Gasteiger partial charge is 0.269 e. The minimum Gasteiger partial charge on any atom is -0.350 e. The number of nitrogens with zero attached hydrogens (tertiary/aromatic N) is 3. The van der Waals surface area contributed by atoms with Gasteiger partial charge in [-0.3, -0.25) is 9.48 Å². The Morgan fingerprint density at radius 2 is 2.44 bits per heavy atom. The van der Waals surface area contributed by atoms with Crippen molar-refractivity contribution in [2.24, 2.45) is 7.05 Å². The second-order valence-corrected chi connectivity index (χ2v) is 4.25. The summed E-state index contributed by atoms with van der Waals surface area (Å²) in [6.45, 7) is 0.595. The number of amides is 1. The molecule has 0 spiro atoms. The van der Waals surface area contributed by atoms with Gasteiger partial charge in [-0.2, -0.15) is 5.10 Å². The Bertz CT molecular complexity index is 463. The first-order valence-electron chi connectivity index (χ1n) is 4.92. The molecule has 6 heteroatoms. The molecule has 1 N–H and O–H groups in total. The van der Waals surface area contributed by atoms with E-state index in [-0.39, 0.29) is 5.91 Å². The monoisotopic (exact) mass is 236 g/mol. The molecule has 0 aliphatic carbocycles. The maximum absolute atomic E-state index is 11.7. The van der Waals surface area contributed by atoms with Crippen molar-refractivity contribution in [2.45, 2.75) is 6.42 Å². The van der Waals surface area contributed by atoms with Crippen molar-refractivity contribution in [1.29, 1.82) is 0 Å². The van der Waals surface area contributed by atoms with Gasteiger partial charge < -0.3 is 5.32 Å². The normalized spacial score (nSPS) is 10.3. The zero-order valence-electron chi connectivity index (χ0n) is 8.88. The van der Waals surface area contributed by atoms with Crippen LogP contribution in [0.15, 0.2) is 23.8 Å². The third-order valence-electron chi connectivity index (χ3n) is 2.16. The van der Waals surface area contributed by atoms with Crippen LogP contribution in [0, 0.1) is 0 Å². The van der Waals surface area contributed by atoms with Crippen LogP contribution >= 0.6 is 11.3 Å².